The fraction of sp³-hybridized carbons (Fsp3) is 0. The second kappa shape index (κ2) is 5.34. The summed E-state index contributed by atoms with van der Waals surface area (Å²) in [7, 11) is 0. The molecule has 0 bridgehead atoms. The first-order chi connectivity index (χ1) is 9.79. The van der Waals surface area contributed by atoms with Crippen molar-refractivity contribution in [1.29, 1.82) is 0 Å². The number of carbonyl (C=O) groups is 1. The quantitative estimate of drug-likeness (QED) is 0.693. The maximum atomic E-state index is 11.2. The summed E-state index contributed by atoms with van der Waals surface area (Å²) in [5, 5.41) is 4.41. The number of rotatable bonds is 3. The van der Waals surface area contributed by atoms with Gasteiger partial charge in [0.15, 0.2) is 6.29 Å². The van der Waals surface area contributed by atoms with Crippen LogP contribution in [0.15, 0.2) is 53.4 Å². The van der Waals surface area contributed by atoms with Gasteiger partial charge < -0.3 is 0 Å². The lowest BCUT2D eigenvalue weighted by atomic mass is 10.1. The molecular weight excluding hydrogens is 320 g/mol. The van der Waals surface area contributed by atoms with E-state index in [0.29, 0.717) is 17.2 Å². The van der Waals surface area contributed by atoms with Crippen molar-refractivity contribution in [3.63, 3.8) is 0 Å². The Labute approximate surface area is 123 Å². The van der Waals surface area contributed by atoms with Gasteiger partial charge in [-0.2, -0.15) is 5.10 Å². The maximum absolute atomic E-state index is 11.2. The molecule has 0 amide bonds. The first-order valence-electron chi connectivity index (χ1n) is 5.87. The van der Waals surface area contributed by atoms with Crippen molar-refractivity contribution < 1.29 is 4.79 Å². The second-order valence-electron chi connectivity index (χ2n) is 4.02. The number of nitrogens with zero attached hydrogens (tertiary/aromatic N) is 4. The van der Waals surface area contributed by atoms with Crippen LogP contribution in [0.3, 0.4) is 0 Å². The first-order valence-corrected chi connectivity index (χ1v) is 6.66. The summed E-state index contributed by atoms with van der Waals surface area (Å²) < 4.78 is 2.38. The molecule has 98 valence electrons. The minimum absolute atomic E-state index is 0.425. The summed E-state index contributed by atoms with van der Waals surface area (Å²) in [6.07, 6.45) is 5.66. The van der Waals surface area contributed by atoms with E-state index >= 15 is 0 Å². The van der Waals surface area contributed by atoms with Crippen LogP contribution in [0.4, 0.5) is 0 Å². The lowest BCUT2D eigenvalue weighted by Gasteiger charge is -2.01. The molecule has 2 heterocycles. The molecule has 0 saturated carbocycles. The van der Waals surface area contributed by atoms with Gasteiger partial charge in [-0.05, 0) is 12.1 Å². The average Bonchev–Trinajstić information content (AvgIpc) is 2.93. The largest absolute Gasteiger partial charge is 0.298 e. The van der Waals surface area contributed by atoms with Crippen LogP contribution >= 0.6 is 15.9 Å². The fourth-order valence-corrected chi connectivity index (χ4v) is 2.32. The topological polar surface area (TPSA) is 60.7 Å². The third-order valence-corrected chi connectivity index (χ3v) is 3.45. The third-order valence-electron chi connectivity index (χ3n) is 2.76. The molecule has 1 aromatic carbocycles. The number of hydrogen-bond acceptors (Lipinski definition) is 4. The van der Waals surface area contributed by atoms with E-state index in [9.17, 15) is 4.79 Å². The molecule has 20 heavy (non-hydrogen) atoms. The van der Waals surface area contributed by atoms with Crippen LogP contribution in [0.5, 0.6) is 0 Å². The van der Waals surface area contributed by atoms with Gasteiger partial charge in [-0.25, -0.2) is 14.6 Å². The van der Waals surface area contributed by atoms with Gasteiger partial charge in [0.2, 0.25) is 5.95 Å². The molecule has 0 radical (unpaired) electrons. The Morgan fingerprint density at radius 3 is 2.55 bits per heavy atom. The Kier molecular flexibility index (Phi) is 3.39. The van der Waals surface area contributed by atoms with Crippen LogP contribution in [-0.2, 0) is 0 Å². The van der Waals surface area contributed by atoms with Crippen molar-refractivity contribution in [1.82, 2.24) is 19.7 Å². The Morgan fingerprint density at radius 2 is 1.85 bits per heavy atom. The van der Waals surface area contributed by atoms with E-state index in [2.05, 4.69) is 31.0 Å². The van der Waals surface area contributed by atoms with E-state index in [1.165, 1.54) is 4.68 Å². The molecule has 0 N–H and O–H groups in total. The molecule has 2 aromatic heterocycles. The number of aromatic nitrogens is 4. The molecular formula is C14H9BrN4O. The normalized spacial score (nSPS) is 10.4. The van der Waals surface area contributed by atoms with E-state index in [1.807, 2.05) is 24.3 Å². The minimum atomic E-state index is 0.425. The molecule has 3 rings (SSSR count). The van der Waals surface area contributed by atoms with Crippen molar-refractivity contribution >= 4 is 22.2 Å². The van der Waals surface area contributed by atoms with Crippen molar-refractivity contribution in [2.24, 2.45) is 0 Å². The summed E-state index contributed by atoms with van der Waals surface area (Å²) >= 11 is 3.47. The Morgan fingerprint density at radius 1 is 1.10 bits per heavy atom. The summed E-state index contributed by atoms with van der Waals surface area (Å²) in [4.78, 5) is 19.5. The number of aldehydes is 1. The minimum Gasteiger partial charge on any atom is -0.298 e. The summed E-state index contributed by atoms with van der Waals surface area (Å²) in [6, 6.07) is 9.33. The number of benzene rings is 1. The van der Waals surface area contributed by atoms with Gasteiger partial charge in [0.05, 0.1) is 5.56 Å². The Bertz CT molecular complexity index is 755. The molecule has 0 aliphatic carbocycles. The Hall–Kier alpha value is -2.34. The smallest absolute Gasteiger partial charge is 0.250 e. The second-order valence-corrected chi connectivity index (χ2v) is 4.88. The summed E-state index contributed by atoms with van der Waals surface area (Å²) in [5.74, 6) is 0.425. The third kappa shape index (κ3) is 2.25. The molecule has 0 atom stereocenters. The molecule has 0 aliphatic heterocycles. The lowest BCUT2D eigenvalue weighted by Crippen LogP contribution is -2.00. The van der Waals surface area contributed by atoms with Gasteiger partial charge in [0.1, 0.15) is 5.69 Å². The van der Waals surface area contributed by atoms with Crippen molar-refractivity contribution in [3.8, 4) is 17.2 Å². The van der Waals surface area contributed by atoms with Gasteiger partial charge in [-0.15, -0.1) is 0 Å². The predicted molar refractivity (Wildman–Crippen MR) is 77.7 cm³/mol. The van der Waals surface area contributed by atoms with Crippen molar-refractivity contribution in [2.75, 3.05) is 0 Å². The number of carbonyl (C=O) groups excluding carboxylic acids is 1. The van der Waals surface area contributed by atoms with E-state index < -0.39 is 0 Å². The highest BCUT2D eigenvalue weighted by Crippen LogP contribution is 2.29. The maximum Gasteiger partial charge on any atom is 0.250 e. The molecule has 0 aliphatic rings. The zero-order chi connectivity index (χ0) is 13.9. The van der Waals surface area contributed by atoms with Crippen molar-refractivity contribution in [2.45, 2.75) is 0 Å². The molecule has 3 aromatic rings. The molecule has 0 saturated heterocycles. The molecule has 0 fully saturated rings. The van der Waals surface area contributed by atoms with Crippen LogP contribution in [-0.4, -0.2) is 26.0 Å². The van der Waals surface area contributed by atoms with Crippen LogP contribution in [0, 0.1) is 0 Å². The van der Waals surface area contributed by atoms with E-state index in [0.717, 1.165) is 16.3 Å². The van der Waals surface area contributed by atoms with Gasteiger partial charge in [-0.3, -0.25) is 4.79 Å². The van der Waals surface area contributed by atoms with Crippen LogP contribution < -0.4 is 0 Å². The fourth-order valence-electron chi connectivity index (χ4n) is 1.85. The van der Waals surface area contributed by atoms with Crippen LogP contribution in [0.25, 0.3) is 17.2 Å². The highest BCUT2D eigenvalue weighted by molar-refractivity contribution is 9.10. The molecule has 6 heteroatoms. The average molecular weight is 329 g/mol. The van der Waals surface area contributed by atoms with E-state index in [1.54, 1.807) is 24.7 Å². The SMILES string of the molecule is O=Cc1cn(-c2ncccn2)nc1-c1ccccc1Br. The highest BCUT2D eigenvalue weighted by atomic mass is 79.9. The van der Waals surface area contributed by atoms with Crippen LogP contribution in [0.1, 0.15) is 10.4 Å². The van der Waals surface area contributed by atoms with E-state index in [-0.39, 0.29) is 0 Å². The summed E-state index contributed by atoms with van der Waals surface area (Å²) in [6.45, 7) is 0. The Balaban J connectivity index is 2.16. The highest BCUT2D eigenvalue weighted by Gasteiger charge is 2.14. The molecule has 0 unspecified atom stereocenters. The first kappa shape index (κ1) is 12.7. The van der Waals surface area contributed by atoms with Gasteiger partial charge in [0, 0.05) is 28.6 Å². The monoisotopic (exact) mass is 328 g/mol. The van der Waals surface area contributed by atoms with Crippen molar-refractivity contribution in [3.05, 3.63) is 59.0 Å². The molecule has 5 nitrogen and oxygen atoms in total. The van der Waals surface area contributed by atoms with Crippen LogP contribution in [0.2, 0.25) is 0 Å². The lowest BCUT2D eigenvalue weighted by molar-refractivity contribution is 0.112. The van der Waals surface area contributed by atoms with Gasteiger partial charge in [-0.1, -0.05) is 34.1 Å². The zero-order valence-corrected chi connectivity index (χ0v) is 11.9. The van der Waals surface area contributed by atoms with Gasteiger partial charge in [0.25, 0.3) is 0 Å². The number of halogens is 1. The zero-order valence-electron chi connectivity index (χ0n) is 10.3. The summed E-state index contributed by atoms with van der Waals surface area (Å²) in [5.41, 5.74) is 1.94. The van der Waals surface area contributed by atoms with Gasteiger partial charge >= 0.3 is 0 Å². The number of hydrogen-bond donors (Lipinski definition) is 0. The molecule has 0 spiro atoms. The standard InChI is InChI=1S/C14H9BrN4O/c15-12-5-2-1-4-11(12)13-10(9-20)8-19(18-13)14-16-6-3-7-17-14/h1-9H. The van der Waals surface area contributed by atoms with E-state index in [4.69, 9.17) is 0 Å². The predicted octanol–water partition coefficient (Wildman–Crippen LogP) is 2.90.